The third-order valence-electron chi connectivity index (χ3n) is 5.77. The Balaban J connectivity index is 1.30. The molecule has 2 aromatic rings. The predicted molar refractivity (Wildman–Crippen MR) is 98.7 cm³/mol. The van der Waals surface area contributed by atoms with Crippen molar-refractivity contribution < 1.29 is 14.3 Å². The van der Waals surface area contributed by atoms with Gasteiger partial charge in [0.05, 0.1) is 5.41 Å². The van der Waals surface area contributed by atoms with Crippen LogP contribution in [0.25, 0.3) is 0 Å². The lowest BCUT2D eigenvalue weighted by molar-refractivity contribution is -0.134. The Kier molecular flexibility index (Phi) is 3.55. The van der Waals surface area contributed by atoms with Crippen molar-refractivity contribution in [2.75, 3.05) is 37.9 Å². The highest BCUT2D eigenvalue weighted by Gasteiger charge is 2.53. The molecule has 0 atom stereocenters. The maximum Gasteiger partial charge on any atom is 0.233 e. The molecule has 2 aromatic carbocycles. The highest BCUT2D eigenvalue weighted by atomic mass is 16.7. The number of fused-ring (bicyclic) bond motifs is 1. The van der Waals surface area contributed by atoms with Crippen LogP contribution in [0.1, 0.15) is 18.4 Å². The summed E-state index contributed by atoms with van der Waals surface area (Å²) in [5.41, 5.74) is 1.95. The molecule has 2 fully saturated rings. The van der Waals surface area contributed by atoms with Gasteiger partial charge in [0.1, 0.15) is 0 Å². The number of carbonyl (C=O) groups is 1. The van der Waals surface area contributed by atoms with E-state index in [9.17, 15) is 4.79 Å². The quantitative estimate of drug-likeness (QED) is 0.854. The van der Waals surface area contributed by atoms with E-state index < -0.39 is 0 Å². The number of anilines is 1. The lowest BCUT2D eigenvalue weighted by atomic mass is 9.93. The Bertz CT molecular complexity index is 824. The SMILES string of the molecule is O=C(N1CCN(c2ccccc2)CC1)C1(c2ccc3c(c2)OCO3)CC1. The van der Waals surface area contributed by atoms with Gasteiger partial charge in [0.2, 0.25) is 12.7 Å². The minimum atomic E-state index is -0.351. The van der Waals surface area contributed by atoms with E-state index in [0.717, 1.165) is 56.1 Å². The molecule has 0 bridgehead atoms. The number of nitrogens with zero attached hydrogens (tertiary/aromatic N) is 2. The molecule has 26 heavy (non-hydrogen) atoms. The van der Waals surface area contributed by atoms with Gasteiger partial charge in [0.15, 0.2) is 11.5 Å². The lowest BCUT2D eigenvalue weighted by Crippen LogP contribution is -2.51. The first kappa shape index (κ1) is 15.6. The summed E-state index contributed by atoms with van der Waals surface area (Å²) >= 11 is 0. The van der Waals surface area contributed by atoms with Crippen molar-refractivity contribution >= 4 is 11.6 Å². The predicted octanol–water partition coefficient (Wildman–Crippen LogP) is 2.80. The van der Waals surface area contributed by atoms with E-state index in [1.54, 1.807) is 0 Å². The zero-order chi connectivity index (χ0) is 17.6. The van der Waals surface area contributed by atoms with Crippen LogP contribution >= 0.6 is 0 Å². The monoisotopic (exact) mass is 350 g/mol. The van der Waals surface area contributed by atoms with Crippen molar-refractivity contribution in [2.24, 2.45) is 0 Å². The van der Waals surface area contributed by atoms with Gasteiger partial charge >= 0.3 is 0 Å². The number of hydrogen-bond acceptors (Lipinski definition) is 4. The summed E-state index contributed by atoms with van der Waals surface area (Å²) in [6.45, 7) is 3.58. The molecule has 134 valence electrons. The van der Waals surface area contributed by atoms with Gasteiger partial charge in [-0.05, 0) is 42.7 Å². The molecule has 2 heterocycles. The average molecular weight is 350 g/mol. The van der Waals surface area contributed by atoms with Crippen molar-refractivity contribution in [1.29, 1.82) is 0 Å². The van der Waals surface area contributed by atoms with Crippen LogP contribution in [0.4, 0.5) is 5.69 Å². The summed E-state index contributed by atoms with van der Waals surface area (Å²) in [6.07, 6.45) is 1.84. The third kappa shape index (κ3) is 2.50. The topological polar surface area (TPSA) is 42.0 Å². The number of para-hydroxylation sites is 1. The molecular weight excluding hydrogens is 328 g/mol. The molecule has 5 rings (SSSR count). The van der Waals surface area contributed by atoms with Crippen LogP contribution in [0.2, 0.25) is 0 Å². The molecular formula is C21H22N2O3. The third-order valence-corrected chi connectivity index (χ3v) is 5.77. The molecule has 1 aliphatic carbocycles. The normalized spacial score (nSPS) is 20.2. The number of rotatable bonds is 3. The maximum atomic E-state index is 13.3. The Labute approximate surface area is 153 Å². The standard InChI is InChI=1S/C21H22N2O3/c24-20(23-12-10-22(11-13-23)17-4-2-1-3-5-17)21(8-9-21)16-6-7-18-19(14-16)26-15-25-18/h1-7,14H,8-13,15H2. The van der Waals surface area contributed by atoms with Crippen LogP contribution in [0, 0.1) is 0 Å². The van der Waals surface area contributed by atoms with Crippen molar-refractivity contribution in [3.05, 3.63) is 54.1 Å². The molecule has 0 radical (unpaired) electrons. The molecule has 1 amide bonds. The van der Waals surface area contributed by atoms with Gasteiger partial charge in [-0.3, -0.25) is 4.79 Å². The van der Waals surface area contributed by atoms with Crippen molar-refractivity contribution in [3.63, 3.8) is 0 Å². The molecule has 1 saturated carbocycles. The first-order chi connectivity index (χ1) is 12.8. The van der Waals surface area contributed by atoms with Crippen LogP contribution in [-0.4, -0.2) is 43.8 Å². The number of ether oxygens (including phenoxy) is 2. The summed E-state index contributed by atoms with van der Waals surface area (Å²) in [4.78, 5) is 17.7. The minimum Gasteiger partial charge on any atom is -0.454 e. The molecule has 0 unspecified atom stereocenters. The van der Waals surface area contributed by atoms with E-state index in [2.05, 4.69) is 29.2 Å². The molecule has 5 nitrogen and oxygen atoms in total. The second kappa shape index (κ2) is 5.94. The van der Waals surface area contributed by atoms with Crippen LogP contribution in [0.3, 0.4) is 0 Å². The van der Waals surface area contributed by atoms with Crippen molar-refractivity contribution in [1.82, 2.24) is 4.90 Å². The molecule has 1 saturated heterocycles. The molecule has 2 aliphatic heterocycles. The zero-order valence-electron chi connectivity index (χ0n) is 14.7. The van der Waals surface area contributed by atoms with E-state index in [0.29, 0.717) is 0 Å². The maximum absolute atomic E-state index is 13.3. The van der Waals surface area contributed by atoms with Crippen LogP contribution < -0.4 is 14.4 Å². The largest absolute Gasteiger partial charge is 0.454 e. The number of amides is 1. The Morgan fingerprint density at radius 3 is 2.35 bits per heavy atom. The van der Waals surface area contributed by atoms with Crippen molar-refractivity contribution in [3.8, 4) is 11.5 Å². The lowest BCUT2D eigenvalue weighted by Gasteiger charge is -2.38. The van der Waals surface area contributed by atoms with Crippen LogP contribution in [0.5, 0.6) is 11.5 Å². The number of hydrogen-bond donors (Lipinski definition) is 0. The number of benzene rings is 2. The Hall–Kier alpha value is -2.69. The summed E-state index contributed by atoms with van der Waals surface area (Å²) < 4.78 is 10.9. The smallest absolute Gasteiger partial charge is 0.233 e. The minimum absolute atomic E-state index is 0.265. The van der Waals surface area contributed by atoms with E-state index in [-0.39, 0.29) is 18.1 Å². The molecule has 5 heteroatoms. The van der Waals surface area contributed by atoms with Gasteiger partial charge < -0.3 is 19.3 Å². The fourth-order valence-electron chi connectivity index (χ4n) is 4.05. The van der Waals surface area contributed by atoms with Gasteiger partial charge in [-0.15, -0.1) is 0 Å². The highest BCUT2D eigenvalue weighted by molar-refractivity contribution is 5.91. The second-order valence-corrected chi connectivity index (χ2v) is 7.26. The molecule has 0 spiro atoms. The average Bonchev–Trinajstić information content (AvgIpc) is 3.39. The van der Waals surface area contributed by atoms with Crippen molar-refractivity contribution in [2.45, 2.75) is 18.3 Å². The van der Waals surface area contributed by atoms with E-state index in [1.807, 2.05) is 29.2 Å². The fraction of sp³-hybridized carbons (Fsp3) is 0.381. The Morgan fingerprint density at radius 1 is 0.885 bits per heavy atom. The Morgan fingerprint density at radius 2 is 1.62 bits per heavy atom. The fourth-order valence-corrected chi connectivity index (χ4v) is 4.05. The molecule has 0 N–H and O–H groups in total. The summed E-state index contributed by atoms with van der Waals surface area (Å²) in [6, 6.07) is 16.4. The first-order valence-corrected chi connectivity index (χ1v) is 9.26. The summed E-state index contributed by atoms with van der Waals surface area (Å²) in [5.74, 6) is 1.80. The first-order valence-electron chi connectivity index (χ1n) is 9.26. The molecule has 0 aromatic heterocycles. The van der Waals surface area contributed by atoms with E-state index >= 15 is 0 Å². The van der Waals surface area contributed by atoms with E-state index in [1.165, 1.54) is 5.69 Å². The zero-order valence-corrected chi connectivity index (χ0v) is 14.7. The molecule has 3 aliphatic rings. The van der Waals surface area contributed by atoms with Gasteiger partial charge in [-0.2, -0.15) is 0 Å². The highest BCUT2D eigenvalue weighted by Crippen LogP contribution is 2.51. The van der Waals surface area contributed by atoms with Gasteiger partial charge in [0.25, 0.3) is 0 Å². The van der Waals surface area contributed by atoms with Gasteiger partial charge in [-0.25, -0.2) is 0 Å². The van der Waals surface area contributed by atoms with E-state index in [4.69, 9.17) is 9.47 Å². The summed E-state index contributed by atoms with van der Waals surface area (Å²) in [5, 5.41) is 0. The number of piperazine rings is 1. The summed E-state index contributed by atoms with van der Waals surface area (Å²) in [7, 11) is 0. The van der Waals surface area contributed by atoms with Crippen LogP contribution in [0.15, 0.2) is 48.5 Å². The van der Waals surface area contributed by atoms with Gasteiger partial charge in [-0.1, -0.05) is 24.3 Å². The van der Waals surface area contributed by atoms with Gasteiger partial charge in [0, 0.05) is 31.9 Å². The second-order valence-electron chi connectivity index (χ2n) is 7.26. The number of carbonyl (C=O) groups excluding carboxylic acids is 1. The van der Waals surface area contributed by atoms with Crippen LogP contribution in [-0.2, 0) is 10.2 Å².